The molecule has 1 N–H and O–H groups in total. The minimum atomic E-state index is -4.11. The molecule has 0 bridgehead atoms. The maximum absolute atomic E-state index is 13.6. The molecule has 2 unspecified atom stereocenters. The molecule has 0 spiro atoms. The molecule has 13 nitrogen and oxygen atoms in total. The number of carbonyl (C=O) groups is 3. The number of rotatable bonds is 6. The van der Waals surface area contributed by atoms with Crippen molar-refractivity contribution in [3.8, 4) is 5.75 Å². The first-order valence-corrected chi connectivity index (χ1v) is 13.8. The van der Waals surface area contributed by atoms with E-state index in [1.807, 2.05) is 0 Å². The Morgan fingerprint density at radius 2 is 2.08 bits per heavy atom. The lowest BCUT2D eigenvalue weighted by Crippen LogP contribution is -2.49. The van der Waals surface area contributed by atoms with Gasteiger partial charge in [0.25, 0.3) is 15.9 Å². The zero-order valence-electron chi connectivity index (χ0n) is 20.8. The standard InChI is InChI=1S/C24H27N5O8S/c1-13-18-5-14(18)6-21(13)37-23(31)26-15-3-4-20-19(7-15)29(38(33,34)17-8-25-27(2)11-17)10-16(36-20)9-28-22(30)12-35-24(28)32/h3-4,7-8,11,13-14,16,18,21H,5-6,9-10,12H2,1-2H3,(H,26,31)/t13-,14+,16+,18?,21?/m1/s1. The first-order chi connectivity index (χ1) is 18.1. The van der Waals surface area contributed by atoms with Crippen molar-refractivity contribution in [3.05, 3.63) is 30.6 Å². The smallest absolute Gasteiger partial charge is 0.417 e. The summed E-state index contributed by atoms with van der Waals surface area (Å²) < 4.78 is 46.2. The van der Waals surface area contributed by atoms with Crippen molar-refractivity contribution in [1.29, 1.82) is 0 Å². The van der Waals surface area contributed by atoms with E-state index in [0.717, 1.165) is 15.6 Å². The van der Waals surface area contributed by atoms with Crippen molar-refractivity contribution < 1.29 is 37.0 Å². The Kier molecular flexibility index (Phi) is 5.74. The van der Waals surface area contributed by atoms with Crippen LogP contribution in [0.1, 0.15) is 19.8 Å². The van der Waals surface area contributed by atoms with E-state index in [2.05, 4.69) is 17.3 Å². The fourth-order valence-electron chi connectivity index (χ4n) is 5.55. The number of nitrogens with one attached hydrogen (secondary N) is 1. The molecule has 3 amide bonds. The number of cyclic esters (lactones) is 1. The highest BCUT2D eigenvalue weighted by molar-refractivity contribution is 7.92. The Hall–Kier alpha value is -3.81. The molecule has 5 atom stereocenters. The summed E-state index contributed by atoms with van der Waals surface area (Å²) >= 11 is 0. The predicted octanol–water partition coefficient (Wildman–Crippen LogP) is 1.95. The fourth-order valence-corrected chi connectivity index (χ4v) is 7.03. The van der Waals surface area contributed by atoms with Gasteiger partial charge >= 0.3 is 12.2 Å². The number of aryl methyl sites for hydroxylation is 1. The van der Waals surface area contributed by atoms with E-state index in [1.165, 1.54) is 35.6 Å². The highest BCUT2D eigenvalue weighted by Gasteiger charge is 2.52. The topological polar surface area (TPSA) is 149 Å². The molecule has 4 aliphatic rings. The van der Waals surface area contributed by atoms with Gasteiger partial charge in [-0.3, -0.25) is 19.1 Å². The van der Waals surface area contributed by atoms with Crippen LogP contribution in [-0.2, 0) is 31.3 Å². The van der Waals surface area contributed by atoms with E-state index in [-0.39, 0.29) is 42.1 Å². The van der Waals surface area contributed by atoms with Gasteiger partial charge in [0, 0.05) is 18.9 Å². The Balaban J connectivity index is 1.26. The van der Waals surface area contributed by atoms with Crippen LogP contribution < -0.4 is 14.4 Å². The molecule has 1 aromatic heterocycles. The summed E-state index contributed by atoms with van der Waals surface area (Å²) in [5.74, 6) is 1.26. The lowest BCUT2D eigenvalue weighted by molar-refractivity contribution is -0.126. The second kappa shape index (κ2) is 8.89. The molecule has 6 rings (SSSR count). The van der Waals surface area contributed by atoms with E-state index >= 15 is 0 Å². The number of imide groups is 1. The highest BCUT2D eigenvalue weighted by Crippen LogP contribution is 2.56. The molecule has 2 aromatic rings. The summed E-state index contributed by atoms with van der Waals surface area (Å²) in [5.41, 5.74) is 0.519. The largest absolute Gasteiger partial charge is 0.484 e. The van der Waals surface area contributed by atoms with Crippen LogP contribution in [0.5, 0.6) is 5.75 Å². The summed E-state index contributed by atoms with van der Waals surface area (Å²) in [6, 6.07) is 4.59. The summed E-state index contributed by atoms with van der Waals surface area (Å²) in [7, 11) is -2.52. The van der Waals surface area contributed by atoms with Gasteiger partial charge in [0.1, 0.15) is 22.9 Å². The number of benzene rings is 1. The molecule has 202 valence electrons. The van der Waals surface area contributed by atoms with Gasteiger partial charge < -0.3 is 14.2 Å². The normalized spacial score (nSPS) is 27.9. The molecule has 0 radical (unpaired) electrons. The second-order valence-electron chi connectivity index (χ2n) is 10.2. The van der Waals surface area contributed by atoms with Gasteiger partial charge in [0.05, 0.1) is 25.0 Å². The van der Waals surface area contributed by atoms with Gasteiger partial charge in [0.2, 0.25) is 0 Å². The van der Waals surface area contributed by atoms with Crippen LogP contribution in [0.4, 0.5) is 21.0 Å². The number of amides is 3. The average molecular weight is 546 g/mol. The number of sulfonamides is 1. The lowest BCUT2D eigenvalue weighted by atomic mass is 10.0. The summed E-state index contributed by atoms with van der Waals surface area (Å²) in [5, 5.41) is 6.67. The number of fused-ring (bicyclic) bond motifs is 2. The molecular weight excluding hydrogens is 518 g/mol. The Bertz CT molecular complexity index is 1410. The molecule has 3 heterocycles. The van der Waals surface area contributed by atoms with Crippen molar-refractivity contribution in [2.45, 2.75) is 36.9 Å². The number of carbonyl (C=O) groups excluding carboxylic acids is 3. The zero-order chi connectivity index (χ0) is 26.8. The fraction of sp³-hybridized carbons (Fsp3) is 0.500. The third-order valence-electron chi connectivity index (χ3n) is 7.67. The molecule has 2 saturated carbocycles. The van der Waals surface area contributed by atoms with Crippen LogP contribution >= 0.6 is 0 Å². The number of ether oxygens (including phenoxy) is 3. The monoisotopic (exact) mass is 545 g/mol. The Morgan fingerprint density at radius 3 is 2.74 bits per heavy atom. The maximum Gasteiger partial charge on any atom is 0.417 e. The summed E-state index contributed by atoms with van der Waals surface area (Å²) in [4.78, 5) is 37.5. The third kappa shape index (κ3) is 4.31. The van der Waals surface area contributed by atoms with Crippen LogP contribution in [0.3, 0.4) is 0 Å². The molecule has 1 aromatic carbocycles. The van der Waals surface area contributed by atoms with Crippen molar-refractivity contribution in [2.75, 3.05) is 29.3 Å². The highest BCUT2D eigenvalue weighted by atomic mass is 32.2. The van der Waals surface area contributed by atoms with Crippen molar-refractivity contribution in [2.24, 2.45) is 24.8 Å². The van der Waals surface area contributed by atoms with E-state index in [1.54, 1.807) is 13.1 Å². The maximum atomic E-state index is 13.6. The average Bonchev–Trinajstić information content (AvgIpc) is 3.22. The third-order valence-corrected chi connectivity index (χ3v) is 9.40. The van der Waals surface area contributed by atoms with Crippen molar-refractivity contribution >= 4 is 39.5 Å². The number of hydrogen-bond acceptors (Lipinski definition) is 9. The van der Waals surface area contributed by atoms with Gasteiger partial charge in [-0.1, -0.05) is 6.92 Å². The molecule has 1 saturated heterocycles. The van der Waals surface area contributed by atoms with Gasteiger partial charge in [-0.15, -0.1) is 0 Å². The Morgan fingerprint density at radius 1 is 1.26 bits per heavy atom. The Labute approximate surface area is 218 Å². The molecule has 3 fully saturated rings. The number of hydrogen-bond donors (Lipinski definition) is 1. The first-order valence-electron chi connectivity index (χ1n) is 12.4. The predicted molar refractivity (Wildman–Crippen MR) is 131 cm³/mol. The molecule has 2 aliphatic carbocycles. The van der Waals surface area contributed by atoms with E-state index in [4.69, 9.17) is 14.2 Å². The zero-order valence-corrected chi connectivity index (χ0v) is 21.6. The summed E-state index contributed by atoms with van der Waals surface area (Å²) in [6.07, 6.45) is 2.25. The molecule has 14 heteroatoms. The minimum absolute atomic E-state index is 0.0465. The van der Waals surface area contributed by atoms with E-state index in [0.29, 0.717) is 23.4 Å². The molecular formula is C24H27N5O8S. The van der Waals surface area contributed by atoms with Crippen molar-refractivity contribution in [3.63, 3.8) is 0 Å². The molecule has 2 aliphatic heterocycles. The van der Waals surface area contributed by atoms with Gasteiger partial charge in [-0.25, -0.2) is 22.9 Å². The van der Waals surface area contributed by atoms with Crippen LogP contribution in [-0.4, -0.2) is 73.1 Å². The minimum Gasteiger partial charge on any atom is -0.484 e. The van der Waals surface area contributed by atoms with Crippen LogP contribution in [0.15, 0.2) is 35.5 Å². The van der Waals surface area contributed by atoms with Gasteiger partial charge in [0.15, 0.2) is 6.61 Å². The summed E-state index contributed by atoms with van der Waals surface area (Å²) in [6.45, 7) is 1.34. The second-order valence-corrected chi connectivity index (χ2v) is 12.1. The molecule has 38 heavy (non-hydrogen) atoms. The van der Waals surface area contributed by atoms with E-state index < -0.39 is 34.2 Å². The van der Waals surface area contributed by atoms with Crippen LogP contribution in [0, 0.1) is 17.8 Å². The SMILES string of the molecule is C[C@H]1C(OC(=O)Nc2ccc3c(c2)N(S(=O)(=O)c2cnn(C)c2)C[C@H](CN2C(=O)COC2=O)O3)C[C@@H]2CC21. The number of aromatic nitrogens is 2. The van der Waals surface area contributed by atoms with E-state index in [9.17, 15) is 22.8 Å². The quantitative estimate of drug-likeness (QED) is 0.575. The van der Waals surface area contributed by atoms with Gasteiger partial charge in [-0.2, -0.15) is 5.10 Å². The van der Waals surface area contributed by atoms with Gasteiger partial charge in [-0.05, 0) is 48.8 Å². The first kappa shape index (κ1) is 24.5. The van der Waals surface area contributed by atoms with Crippen LogP contribution in [0.2, 0.25) is 0 Å². The number of anilines is 2. The van der Waals surface area contributed by atoms with Crippen LogP contribution in [0.25, 0.3) is 0 Å². The lowest BCUT2D eigenvalue weighted by Gasteiger charge is -2.36. The van der Waals surface area contributed by atoms with Crippen molar-refractivity contribution in [1.82, 2.24) is 14.7 Å². The number of nitrogens with zero attached hydrogens (tertiary/aromatic N) is 4.